The van der Waals surface area contributed by atoms with Gasteiger partial charge < -0.3 is 14.3 Å². The van der Waals surface area contributed by atoms with Crippen LogP contribution in [0.1, 0.15) is 56.5 Å². The van der Waals surface area contributed by atoms with Gasteiger partial charge in [0, 0.05) is 31.2 Å². The van der Waals surface area contributed by atoms with Gasteiger partial charge in [-0.25, -0.2) is 0 Å². The van der Waals surface area contributed by atoms with Crippen LogP contribution in [0.25, 0.3) is 0 Å². The molecule has 3 heterocycles. The summed E-state index contributed by atoms with van der Waals surface area (Å²) in [7, 11) is 0. The molecule has 0 N–H and O–H groups in total. The molecule has 0 unspecified atom stereocenters. The molecular weight excluding hydrogens is 314 g/mol. The molecule has 5 nitrogen and oxygen atoms in total. The minimum absolute atomic E-state index is 0.250. The summed E-state index contributed by atoms with van der Waals surface area (Å²) >= 11 is 0. The predicted octanol–water partition coefficient (Wildman–Crippen LogP) is 3.19. The molecule has 2 aliphatic heterocycles. The summed E-state index contributed by atoms with van der Waals surface area (Å²) in [6, 6.07) is 0.428. The molecule has 0 aromatic carbocycles. The summed E-state index contributed by atoms with van der Waals surface area (Å²) in [4.78, 5) is 17.7. The van der Waals surface area contributed by atoms with Crippen LogP contribution in [0.2, 0.25) is 0 Å². The summed E-state index contributed by atoms with van der Waals surface area (Å²) < 4.78 is 5.22. The van der Waals surface area contributed by atoms with Gasteiger partial charge in [0.05, 0.1) is 12.1 Å². The Balaban J connectivity index is 1.61. The topological polar surface area (TPSA) is 49.6 Å². The number of amides is 1. The molecule has 2 atom stereocenters. The third kappa shape index (κ3) is 4.25. The van der Waals surface area contributed by atoms with E-state index in [1.54, 1.807) is 0 Å². The number of nitrogens with zero attached hydrogens (tertiary/aromatic N) is 3. The maximum Gasteiger partial charge on any atom is 0.227 e. The number of piperidine rings is 2. The van der Waals surface area contributed by atoms with E-state index >= 15 is 0 Å². The highest BCUT2D eigenvalue weighted by Crippen LogP contribution is 2.31. The quantitative estimate of drug-likeness (QED) is 0.821. The van der Waals surface area contributed by atoms with E-state index in [1.165, 1.54) is 19.4 Å². The second-order valence-corrected chi connectivity index (χ2v) is 8.31. The van der Waals surface area contributed by atoms with Gasteiger partial charge in [0.25, 0.3) is 0 Å². The standard InChI is InChI=1S/C20H33N3O2/c1-14(2)7-10-22-11-8-19-17(13-22)6-5-9-23(19)20(24)12-18-15(3)21-25-16(18)4/h14,17,19H,5-13H2,1-4H3/t17-,19-/m1/s1. The number of likely N-dealkylation sites (tertiary alicyclic amines) is 2. The number of aryl methyl sites for hydroxylation is 2. The van der Waals surface area contributed by atoms with Gasteiger partial charge in [0.1, 0.15) is 5.76 Å². The zero-order chi connectivity index (χ0) is 18.0. The fraction of sp³-hybridized carbons (Fsp3) is 0.800. The minimum Gasteiger partial charge on any atom is -0.361 e. The largest absolute Gasteiger partial charge is 0.361 e. The van der Waals surface area contributed by atoms with Crippen LogP contribution in [0.15, 0.2) is 4.52 Å². The van der Waals surface area contributed by atoms with Crippen molar-refractivity contribution in [1.29, 1.82) is 0 Å². The molecule has 0 bridgehead atoms. The molecule has 0 saturated carbocycles. The van der Waals surface area contributed by atoms with Gasteiger partial charge in [0.15, 0.2) is 0 Å². The highest BCUT2D eigenvalue weighted by atomic mass is 16.5. The van der Waals surface area contributed by atoms with Gasteiger partial charge in [-0.15, -0.1) is 0 Å². The summed E-state index contributed by atoms with van der Waals surface area (Å²) in [5.41, 5.74) is 1.82. The summed E-state index contributed by atoms with van der Waals surface area (Å²) in [6.45, 7) is 12.8. The molecule has 5 heteroatoms. The van der Waals surface area contributed by atoms with Gasteiger partial charge in [-0.2, -0.15) is 0 Å². The van der Waals surface area contributed by atoms with E-state index in [1.807, 2.05) is 13.8 Å². The SMILES string of the molecule is Cc1noc(C)c1CC(=O)N1CCC[C@@H]2CN(CCC(C)C)CC[C@H]21. The van der Waals surface area contributed by atoms with Crippen LogP contribution >= 0.6 is 0 Å². The van der Waals surface area contributed by atoms with E-state index in [-0.39, 0.29) is 5.91 Å². The molecule has 2 saturated heterocycles. The second kappa shape index (κ2) is 7.90. The maximum atomic E-state index is 13.0. The number of fused-ring (bicyclic) bond motifs is 1. The van der Waals surface area contributed by atoms with Crippen LogP contribution in [-0.4, -0.2) is 53.1 Å². The monoisotopic (exact) mass is 347 g/mol. The Hall–Kier alpha value is -1.36. The first-order valence-corrected chi connectivity index (χ1v) is 9.89. The molecule has 2 fully saturated rings. The van der Waals surface area contributed by atoms with Crippen LogP contribution in [0.4, 0.5) is 0 Å². The molecule has 1 aromatic heterocycles. The van der Waals surface area contributed by atoms with Gasteiger partial charge in [-0.3, -0.25) is 4.79 Å². The first kappa shape index (κ1) is 18.4. The molecule has 1 aromatic rings. The number of carbonyl (C=O) groups is 1. The third-order valence-corrected chi connectivity index (χ3v) is 6.00. The Labute approximate surface area is 151 Å². The average molecular weight is 348 g/mol. The van der Waals surface area contributed by atoms with Crippen molar-refractivity contribution in [2.75, 3.05) is 26.2 Å². The van der Waals surface area contributed by atoms with Crippen LogP contribution in [-0.2, 0) is 11.2 Å². The Morgan fingerprint density at radius 1 is 1.28 bits per heavy atom. The van der Waals surface area contributed by atoms with Crippen molar-refractivity contribution in [3.63, 3.8) is 0 Å². The Morgan fingerprint density at radius 2 is 2.08 bits per heavy atom. The van der Waals surface area contributed by atoms with Crippen molar-refractivity contribution in [2.24, 2.45) is 11.8 Å². The van der Waals surface area contributed by atoms with Crippen LogP contribution in [0, 0.1) is 25.7 Å². The summed E-state index contributed by atoms with van der Waals surface area (Å²) in [5.74, 6) is 2.43. The van der Waals surface area contributed by atoms with Crippen LogP contribution < -0.4 is 0 Å². The zero-order valence-electron chi connectivity index (χ0n) is 16.3. The van der Waals surface area contributed by atoms with Crippen LogP contribution in [0.5, 0.6) is 0 Å². The lowest BCUT2D eigenvalue weighted by molar-refractivity contribution is -0.137. The van der Waals surface area contributed by atoms with Crippen molar-refractivity contribution in [1.82, 2.24) is 15.0 Å². The van der Waals surface area contributed by atoms with E-state index in [4.69, 9.17) is 4.52 Å². The lowest BCUT2D eigenvalue weighted by Gasteiger charge is -2.47. The van der Waals surface area contributed by atoms with E-state index < -0.39 is 0 Å². The number of hydrogen-bond acceptors (Lipinski definition) is 4. The van der Waals surface area contributed by atoms with Crippen molar-refractivity contribution in [2.45, 2.75) is 65.8 Å². The Bertz CT molecular complexity index is 576. The Kier molecular flexibility index (Phi) is 5.82. The van der Waals surface area contributed by atoms with Crippen LogP contribution in [0.3, 0.4) is 0 Å². The first-order chi connectivity index (χ1) is 12.0. The number of aromatic nitrogens is 1. The maximum absolute atomic E-state index is 13.0. The number of hydrogen-bond donors (Lipinski definition) is 0. The highest BCUT2D eigenvalue weighted by Gasteiger charge is 2.38. The smallest absolute Gasteiger partial charge is 0.227 e. The van der Waals surface area contributed by atoms with E-state index in [9.17, 15) is 4.79 Å². The fourth-order valence-electron chi connectivity index (χ4n) is 4.44. The number of rotatable bonds is 5. The van der Waals surface area contributed by atoms with Crippen molar-refractivity contribution in [3.8, 4) is 0 Å². The van der Waals surface area contributed by atoms with E-state index in [2.05, 4.69) is 28.8 Å². The van der Waals surface area contributed by atoms with Crippen molar-refractivity contribution >= 4 is 5.91 Å². The molecule has 0 radical (unpaired) electrons. The highest BCUT2D eigenvalue weighted by molar-refractivity contribution is 5.79. The molecule has 0 aliphatic carbocycles. The van der Waals surface area contributed by atoms with Gasteiger partial charge >= 0.3 is 0 Å². The number of carbonyl (C=O) groups excluding carboxylic acids is 1. The second-order valence-electron chi connectivity index (χ2n) is 8.31. The normalized spacial score (nSPS) is 24.6. The van der Waals surface area contributed by atoms with Gasteiger partial charge in [-0.05, 0) is 57.9 Å². The van der Waals surface area contributed by atoms with E-state index in [0.717, 1.165) is 55.4 Å². The van der Waals surface area contributed by atoms with E-state index in [0.29, 0.717) is 18.4 Å². The minimum atomic E-state index is 0.250. The zero-order valence-corrected chi connectivity index (χ0v) is 16.3. The molecule has 2 aliphatic rings. The predicted molar refractivity (Wildman–Crippen MR) is 98.4 cm³/mol. The molecule has 3 rings (SSSR count). The lowest BCUT2D eigenvalue weighted by Crippen LogP contribution is -2.56. The van der Waals surface area contributed by atoms with Crippen molar-refractivity contribution in [3.05, 3.63) is 17.0 Å². The third-order valence-electron chi connectivity index (χ3n) is 6.00. The molecule has 1 amide bonds. The first-order valence-electron chi connectivity index (χ1n) is 9.89. The average Bonchev–Trinajstić information content (AvgIpc) is 2.91. The molecule has 25 heavy (non-hydrogen) atoms. The Morgan fingerprint density at radius 3 is 2.76 bits per heavy atom. The summed E-state index contributed by atoms with van der Waals surface area (Å²) in [6.07, 6.45) is 5.22. The molecular formula is C20H33N3O2. The summed E-state index contributed by atoms with van der Waals surface area (Å²) in [5, 5.41) is 3.99. The molecule has 0 spiro atoms. The molecule has 140 valence electrons. The lowest BCUT2D eigenvalue weighted by atomic mass is 9.83. The van der Waals surface area contributed by atoms with Gasteiger partial charge in [-0.1, -0.05) is 19.0 Å². The fourth-order valence-corrected chi connectivity index (χ4v) is 4.44. The van der Waals surface area contributed by atoms with Crippen molar-refractivity contribution < 1.29 is 9.32 Å². The van der Waals surface area contributed by atoms with Gasteiger partial charge in [0.2, 0.25) is 5.91 Å².